The number of nitrogens with one attached hydrogen (secondary N) is 2. The van der Waals surface area contributed by atoms with Gasteiger partial charge < -0.3 is 29.4 Å². The molecule has 0 unspecified atom stereocenters. The molecule has 0 fully saturated rings. The number of carbonyl (C=O) groups is 1. The highest BCUT2D eigenvalue weighted by atomic mass is 16.5. The second-order valence-electron chi connectivity index (χ2n) is 25.0. The Hall–Kier alpha value is -8.87. The molecule has 0 radical (unpaired) electrons. The minimum atomic E-state index is -1.01. The van der Waals surface area contributed by atoms with Gasteiger partial charge in [-0.2, -0.15) is 0 Å². The Labute approximate surface area is 547 Å². The summed E-state index contributed by atoms with van der Waals surface area (Å²) in [6, 6.07) is 46.5. The molecule has 8 bridgehead atoms. The van der Waals surface area contributed by atoms with Gasteiger partial charge in [0.1, 0.15) is 11.5 Å². The molecule has 3 aromatic heterocycles. The summed E-state index contributed by atoms with van der Waals surface area (Å²) in [4.78, 5) is 34.1. The van der Waals surface area contributed by atoms with Crippen molar-refractivity contribution in [1.29, 1.82) is 0 Å². The van der Waals surface area contributed by atoms with E-state index in [0.29, 0.717) is 30.0 Å². The lowest BCUT2D eigenvalue weighted by Gasteiger charge is -2.27. The molecule has 476 valence electrons. The maximum Gasteiger partial charge on any atom is 0.335 e. The van der Waals surface area contributed by atoms with Crippen LogP contribution in [0.3, 0.4) is 0 Å². The van der Waals surface area contributed by atoms with Crippen molar-refractivity contribution in [3.05, 3.63) is 195 Å². The normalized spacial score (nSPS) is 11.7. The summed E-state index contributed by atoms with van der Waals surface area (Å²) in [7, 11) is 0. The second-order valence-corrected chi connectivity index (χ2v) is 25.0. The molecule has 2 aliphatic heterocycles. The molecule has 0 spiro atoms. The van der Waals surface area contributed by atoms with Gasteiger partial charge in [0.2, 0.25) is 0 Å². The first-order valence-corrected chi connectivity index (χ1v) is 34.6. The van der Waals surface area contributed by atoms with Crippen LogP contribution in [0.1, 0.15) is 223 Å². The lowest BCUT2D eigenvalue weighted by molar-refractivity contribution is 0.0696. The predicted octanol–water partition coefficient (Wildman–Crippen LogP) is 22.9. The van der Waals surface area contributed by atoms with E-state index in [9.17, 15) is 9.90 Å². The molecule has 0 saturated carbocycles. The highest BCUT2D eigenvalue weighted by Crippen LogP contribution is 2.45. The molecule has 3 N–H and O–H groups in total. The van der Waals surface area contributed by atoms with Gasteiger partial charge in [-0.25, -0.2) is 14.8 Å². The second kappa shape index (κ2) is 33.4. The smallest absolute Gasteiger partial charge is 0.335 e. The van der Waals surface area contributed by atoms with Crippen molar-refractivity contribution in [2.24, 2.45) is 0 Å². The van der Waals surface area contributed by atoms with E-state index in [0.717, 1.165) is 152 Å². The Balaban J connectivity index is 1.28. The van der Waals surface area contributed by atoms with Crippen molar-refractivity contribution < 1.29 is 19.4 Å². The summed E-state index contributed by atoms with van der Waals surface area (Å²) >= 11 is 0. The number of aryl methyl sites for hydroxylation is 4. The Morgan fingerprint density at radius 3 is 1.40 bits per heavy atom. The van der Waals surface area contributed by atoms with Gasteiger partial charge in [0, 0.05) is 50.2 Å². The van der Waals surface area contributed by atoms with E-state index in [1.165, 1.54) is 101 Å². The highest BCUT2D eigenvalue weighted by molar-refractivity contribution is 6.01. The fraction of sp³-hybridized carbons (Fsp3) is 0.361. The van der Waals surface area contributed by atoms with Crippen LogP contribution in [0.4, 0.5) is 17.1 Å². The fourth-order valence-electron chi connectivity index (χ4n) is 12.8. The van der Waals surface area contributed by atoms with E-state index in [4.69, 9.17) is 19.4 Å². The number of aromatic nitrogens is 4. The zero-order valence-electron chi connectivity index (χ0n) is 55.5. The average Bonchev–Trinajstić information content (AvgIpc) is 1.59. The van der Waals surface area contributed by atoms with Gasteiger partial charge in [0.25, 0.3) is 0 Å². The van der Waals surface area contributed by atoms with E-state index in [-0.39, 0.29) is 5.56 Å². The minimum absolute atomic E-state index is 0.169. The van der Waals surface area contributed by atoms with Crippen molar-refractivity contribution in [2.75, 3.05) is 18.1 Å². The fourth-order valence-corrected chi connectivity index (χ4v) is 12.8. The number of aromatic carboxylic acids is 1. The molecular weight excluding hydrogens is 1130 g/mol. The Kier molecular flexibility index (Phi) is 24.0. The number of carboxylic acid groups (broad SMARTS) is 1. The summed E-state index contributed by atoms with van der Waals surface area (Å²) in [6.07, 6.45) is 34.1. The lowest BCUT2D eigenvalue weighted by Crippen LogP contribution is -2.12. The van der Waals surface area contributed by atoms with Gasteiger partial charge in [0.15, 0.2) is 0 Å². The first-order chi connectivity index (χ1) is 45.2. The molecule has 0 saturated heterocycles. The Bertz CT molecular complexity index is 3960. The van der Waals surface area contributed by atoms with Gasteiger partial charge >= 0.3 is 5.97 Å². The van der Waals surface area contributed by atoms with Crippen LogP contribution in [0.5, 0.6) is 11.5 Å². The third-order valence-electron chi connectivity index (χ3n) is 17.9. The Morgan fingerprint density at radius 2 is 0.880 bits per heavy atom. The zero-order chi connectivity index (χ0) is 64.0. The number of aromatic amines is 2. The summed E-state index contributed by atoms with van der Waals surface area (Å²) in [6.45, 7) is 14.6. The first-order valence-electron chi connectivity index (χ1n) is 34.6. The molecule has 9 heteroatoms. The molecular formula is C83H95N5O4. The van der Waals surface area contributed by atoms with Gasteiger partial charge in [-0.05, 0) is 178 Å². The van der Waals surface area contributed by atoms with Crippen LogP contribution in [-0.2, 0) is 12.8 Å². The molecule has 8 aromatic rings. The predicted molar refractivity (Wildman–Crippen MR) is 387 cm³/mol. The van der Waals surface area contributed by atoms with Crippen LogP contribution >= 0.6 is 0 Å². The van der Waals surface area contributed by atoms with Gasteiger partial charge in [0.05, 0.1) is 63.8 Å². The standard InChI is InChI=1S/C83H95N5O4/c1-7-11-15-19-21-25-56-91-76-36-27-30-59(5)78(76)80-70-50-48-68(84-70)67(47-42-63-34-29-35-64(58-63)83(89)90)69-49-51-71(85-69)81(79-60(6)31-28-37-77(79)92-57-26-22-20-16-12-8-2)73-53-55-75(87-73)82(74-54-52-72(80)86-74)88(65-43-38-61(39-44-65)32-23-17-13-9-3)66-45-40-62(41-46-66)33-24-18-14-10-4/h27-31,34-41,43-46,48-55,58,84,87H,7-26,32-33,56-57H2,1-6H3,(H,89,90). The third kappa shape index (κ3) is 16.8. The van der Waals surface area contributed by atoms with E-state index in [2.05, 4.69) is 202 Å². The Morgan fingerprint density at radius 1 is 0.446 bits per heavy atom. The number of fused-ring (bicyclic) bond motifs is 8. The molecule has 92 heavy (non-hydrogen) atoms. The van der Waals surface area contributed by atoms with E-state index < -0.39 is 5.97 Å². The van der Waals surface area contributed by atoms with Crippen molar-refractivity contribution in [3.8, 4) is 45.6 Å². The number of rotatable bonds is 32. The van der Waals surface area contributed by atoms with Crippen LogP contribution in [0.15, 0.2) is 133 Å². The molecule has 9 nitrogen and oxygen atoms in total. The number of hydrogen-bond acceptors (Lipinski definition) is 6. The average molecular weight is 1230 g/mol. The lowest BCUT2D eigenvalue weighted by atomic mass is 9.97. The first kappa shape index (κ1) is 66.1. The number of H-pyrrole nitrogens is 2. The number of hydrogen-bond donors (Lipinski definition) is 3. The van der Waals surface area contributed by atoms with Crippen molar-refractivity contribution in [3.63, 3.8) is 0 Å². The van der Waals surface area contributed by atoms with Crippen LogP contribution in [-0.4, -0.2) is 44.2 Å². The monoisotopic (exact) mass is 1230 g/mol. The maximum absolute atomic E-state index is 12.3. The molecule has 0 aliphatic carbocycles. The number of anilines is 3. The van der Waals surface area contributed by atoms with Crippen molar-refractivity contribution >= 4 is 69.4 Å². The SMILES string of the molecule is CCCCCCCCOc1cccc(C)c1-c1c2nc(c(N(c3ccc(CCCCCC)cc3)c3ccc(CCCCCC)cc3)c3ccc([nH]3)c(-c3c(C)cccc3OCCCCCCCC)c3nc(c(C#Cc4cccc(C(=O)O)c4)c4ccc1[nH]4)C=C3)C=C2. The number of carboxylic acids is 1. The third-order valence-corrected chi connectivity index (χ3v) is 17.9. The quantitative estimate of drug-likeness (QED) is 0.0284. The van der Waals surface area contributed by atoms with Gasteiger partial charge in [-0.15, -0.1) is 0 Å². The molecule has 0 amide bonds. The number of benzene rings is 5. The van der Waals surface area contributed by atoms with E-state index in [1.54, 1.807) is 18.2 Å². The van der Waals surface area contributed by atoms with Crippen LogP contribution in [0, 0.1) is 25.7 Å². The van der Waals surface area contributed by atoms with E-state index in [1.807, 2.05) is 6.07 Å². The van der Waals surface area contributed by atoms with Crippen LogP contribution in [0.2, 0.25) is 0 Å². The van der Waals surface area contributed by atoms with E-state index >= 15 is 0 Å². The topological polar surface area (TPSA) is 116 Å². The molecule has 5 heterocycles. The van der Waals surface area contributed by atoms with Gasteiger partial charge in [-0.3, -0.25) is 0 Å². The van der Waals surface area contributed by atoms with Crippen LogP contribution < -0.4 is 14.4 Å². The summed E-state index contributed by atoms with van der Waals surface area (Å²) in [5.41, 5.74) is 19.1. The summed E-state index contributed by atoms with van der Waals surface area (Å²) in [5.74, 6) is 7.47. The number of nitrogens with zero attached hydrogens (tertiary/aromatic N) is 3. The van der Waals surface area contributed by atoms with Crippen molar-refractivity contribution in [2.45, 2.75) is 183 Å². The zero-order valence-corrected chi connectivity index (χ0v) is 55.5. The summed E-state index contributed by atoms with van der Waals surface area (Å²) in [5, 5.41) is 10.0. The largest absolute Gasteiger partial charge is 0.493 e. The number of unbranched alkanes of at least 4 members (excludes halogenated alkanes) is 16. The molecule has 2 aliphatic rings. The summed E-state index contributed by atoms with van der Waals surface area (Å²) < 4.78 is 13.8. The molecule has 5 aromatic carbocycles. The molecule has 0 atom stereocenters. The minimum Gasteiger partial charge on any atom is -0.493 e. The number of ether oxygens (including phenoxy) is 2. The van der Waals surface area contributed by atoms with Gasteiger partial charge in [-0.1, -0.05) is 197 Å². The van der Waals surface area contributed by atoms with Crippen LogP contribution in [0.25, 0.3) is 68.6 Å². The molecule has 10 rings (SSSR count). The highest BCUT2D eigenvalue weighted by Gasteiger charge is 2.25. The maximum atomic E-state index is 12.3. The van der Waals surface area contributed by atoms with Crippen molar-refractivity contribution in [1.82, 2.24) is 19.9 Å².